The highest BCUT2D eigenvalue weighted by Gasteiger charge is 2.26. The van der Waals surface area contributed by atoms with Crippen LogP contribution >= 0.6 is 0 Å². The monoisotopic (exact) mass is 207 g/mol. The van der Waals surface area contributed by atoms with E-state index in [1.165, 1.54) is 31.2 Å². The molecule has 84 valence electrons. The van der Waals surface area contributed by atoms with Crippen molar-refractivity contribution in [2.75, 3.05) is 7.05 Å². The van der Waals surface area contributed by atoms with Crippen LogP contribution in [0.3, 0.4) is 0 Å². The topological polar surface area (TPSA) is 53.8 Å². The molecule has 1 aromatic rings. The molecule has 0 aliphatic heterocycles. The number of aromatic amines is 1. The van der Waals surface area contributed by atoms with E-state index in [0.717, 1.165) is 5.92 Å². The van der Waals surface area contributed by atoms with Gasteiger partial charge < -0.3 is 16.0 Å². The molecule has 1 unspecified atom stereocenters. The quantitative estimate of drug-likeness (QED) is 0.708. The summed E-state index contributed by atoms with van der Waals surface area (Å²) in [4.78, 5) is 3.13. The third kappa shape index (κ3) is 2.41. The maximum atomic E-state index is 5.93. The summed E-state index contributed by atoms with van der Waals surface area (Å²) in [7, 11) is 2.05. The molecular formula is C12H21N3. The van der Waals surface area contributed by atoms with Gasteiger partial charge in [-0.25, -0.2) is 0 Å². The average Bonchev–Trinajstić information content (AvgIpc) is 2.75. The zero-order chi connectivity index (χ0) is 10.7. The number of nitrogens with one attached hydrogen (secondary N) is 2. The lowest BCUT2D eigenvalue weighted by Gasteiger charge is -2.32. The van der Waals surface area contributed by atoms with Gasteiger partial charge in [0.1, 0.15) is 0 Å². The molecule has 0 radical (unpaired) electrons. The van der Waals surface area contributed by atoms with E-state index in [1.54, 1.807) is 0 Å². The molecule has 15 heavy (non-hydrogen) atoms. The van der Waals surface area contributed by atoms with E-state index in [1.807, 2.05) is 13.2 Å². The van der Waals surface area contributed by atoms with E-state index < -0.39 is 0 Å². The molecule has 1 atom stereocenters. The summed E-state index contributed by atoms with van der Waals surface area (Å²) < 4.78 is 0. The Hall–Kier alpha value is -0.800. The molecule has 2 rings (SSSR count). The Labute approximate surface area is 91.4 Å². The van der Waals surface area contributed by atoms with E-state index in [4.69, 9.17) is 5.73 Å². The van der Waals surface area contributed by atoms with Crippen LogP contribution in [0.15, 0.2) is 18.5 Å². The fraction of sp³-hybridized carbons (Fsp3) is 0.667. The molecule has 0 bridgehead atoms. The lowest BCUT2D eigenvalue weighted by molar-refractivity contribution is 0.263. The van der Waals surface area contributed by atoms with Crippen molar-refractivity contribution in [3.05, 3.63) is 24.0 Å². The molecule has 1 aliphatic rings. The SMILES string of the molecule is CNC(c1cc[nH]c1)C1CCC(N)CC1. The lowest BCUT2D eigenvalue weighted by Crippen LogP contribution is -2.33. The van der Waals surface area contributed by atoms with Crippen molar-refractivity contribution < 1.29 is 0 Å². The number of nitrogens with two attached hydrogens (primary N) is 1. The molecule has 0 aromatic carbocycles. The van der Waals surface area contributed by atoms with E-state index in [0.29, 0.717) is 12.1 Å². The molecule has 1 fully saturated rings. The molecule has 1 aromatic heterocycles. The minimum atomic E-state index is 0.435. The Morgan fingerprint density at radius 3 is 2.67 bits per heavy atom. The van der Waals surface area contributed by atoms with Crippen molar-refractivity contribution in [3.63, 3.8) is 0 Å². The molecule has 4 N–H and O–H groups in total. The van der Waals surface area contributed by atoms with E-state index >= 15 is 0 Å². The fourth-order valence-electron chi connectivity index (χ4n) is 2.68. The summed E-state index contributed by atoms with van der Waals surface area (Å²) >= 11 is 0. The third-order valence-electron chi connectivity index (χ3n) is 3.58. The molecule has 1 aliphatic carbocycles. The Morgan fingerprint density at radius 2 is 2.13 bits per heavy atom. The molecular weight excluding hydrogens is 186 g/mol. The fourth-order valence-corrected chi connectivity index (χ4v) is 2.68. The van der Waals surface area contributed by atoms with Gasteiger partial charge in [0.25, 0.3) is 0 Å². The van der Waals surface area contributed by atoms with Gasteiger partial charge in [-0.15, -0.1) is 0 Å². The van der Waals surface area contributed by atoms with Crippen molar-refractivity contribution in [2.24, 2.45) is 11.7 Å². The summed E-state index contributed by atoms with van der Waals surface area (Å²) in [5.74, 6) is 0.741. The largest absolute Gasteiger partial charge is 0.367 e. The second kappa shape index (κ2) is 4.81. The van der Waals surface area contributed by atoms with Gasteiger partial charge >= 0.3 is 0 Å². The van der Waals surface area contributed by atoms with Crippen LogP contribution in [0.5, 0.6) is 0 Å². The lowest BCUT2D eigenvalue weighted by atomic mass is 9.80. The van der Waals surface area contributed by atoms with Crippen LogP contribution in [-0.2, 0) is 0 Å². The smallest absolute Gasteiger partial charge is 0.0361 e. The van der Waals surface area contributed by atoms with Gasteiger partial charge in [-0.05, 0) is 50.3 Å². The normalized spacial score (nSPS) is 28.9. The highest BCUT2D eigenvalue weighted by molar-refractivity contribution is 5.15. The van der Waals surface area contributed by atoms with Gasteiger partial charge in [-0.2, -0.15) is 0 Å². The first-order valence-corrected chi connectivity index (χ1v) is 5.87. The van der Waals surface area contributed by atoms with Crippen molar-refractivity contribution in [2.45, 2.75) is 37.8 Å². The molecule has 1 heterocycles. The van der Waals surface area contributed by atoms with Crippen molar-refractivity contribution in [1.82, 2.24) is 10.3 Å². The maximum absolute atomic E-state index is 5.93. The Morgan fingerprint density at radius 1 is 1.40 bits per heavy atom. The highest BCUT2D eigenvalue weighted by Crippen LogP contribution is 2.33. The summed E-state index contributed by atoms with van der Waals surface area (Å²) in [6.45, 7) is 0. The van der Waals surface area contributed by atoms with Gasteiger partial charge in [-0.3, -0.25) is 0 Å². The molecule has 0 amide bonds. The predicted octanol–water partition coefficient (Wildman–Crippen LogP) is 1.79. The number of hydrogen-bond donors (Lipinski definition) is 3. The van der Waals surface area contributed by atoms with Gasteiger partial charge in [0, 0.05) is 24.5 Å². The van der Waals surface area contributed by atoms with Gasteiger partial charge in [0.2, 0.25) is 0 Å². The second-order valence-electron chi connectivity index (χ2n) is 4.59. The summed E-state index contributed by atoms with van der Waals surface area (Å²) in [5, 5.41) is 3.43. The zero-order valence-electron chi connectivity index (χ0n) is 9.37. The molecule has 3 nitrogen and oxygen atoms in total. The van der Waals surface area contributed by atoms with Crippen molar-refractivity contribution in [1.29, 1.82) is 0 Å². The average molecular weight is 207 g/mol. The Balaban J connectivity index is 2.01. The van der Waals surface area contributed by atoms with Crippen molar-refractivity contribution in [3.8, 4) is 0 Å². The number of H-pyrrole nitrogens is 1. The van der Waals surface area contributed by atoms with Gasteiger partial charge in [0.05, 0.1) is 0 Å². The van der Waals surface area contributed by atoms with Crippen LogP contribution in [0.1, 0.15) is 37.3 Å². The molecule has 3 heteroatoms. The van der Waals surface area contributed by atoms with Gasteiger partial charge in [0.15, 0.2) is 0 Å². The Kier molecular flexibility index (Phi) is 3.44. The van der Waals surface area contributed by atoms with Gasteiger partial charge in [-0.1, -0.05) is 0 Å². The first-order chi connectivity index (χ1) is 7.31. The summed E-state index contributed by atoms with van der Waals surface area (Å²) in [5.41, 5.74) is 7.30. The van der Waals surface area contributed by atoms with E-state index in [2.05, 4.69) is 22.6 Å². The minimum Gasteiger partial charge on any atom is -0.367 e. The third-order valence-corrected chi connectivity index (χ3v) is 3.58. The summed E-state index contributed by atoms with van der Waals surface area (Å²) in [6.07, 6.45) is 8.93. The van der Waals surface area contributed by atoms with Crippen molar-refractivity contribution >= 4 is 0 Å². The number of rotatable bonds is 3. The van der Waals surface area contributed by atoms with Crippen LogP contribution in [0.4, 0.5) is 0 Å². The van der Waals surface area contributed by atoms with Crippen LogP contribution in [-0.4, -0.2) is 18.1 Å². The number of aromatic nitrogens is 1. The van der Waals surface area contributed by atoms with E-state index in [9.17, 15) is 0 Å². The van der Waals surface area contributed by atoms with Crippen LogP contribution in [0.2, 0.25) is 0 Å². The maximum Gasteiger partial charge on any atom is 0.0361 e. The van der Waals surface area contributed by atoms with Crippen LogP contribution in [0, 0.1) is 5.92 Å². The second-order valence-corrected chi connectivity index (χ2v) is 4.59. The zero-order valence-corrected chi connectivity index (χ0v) is 9.37. The van der Waals surface area contributed by atoms with Crippen LogP contribution in [0.25, 0.3) is 0 Å². The predicted molar refractivity (Wildman–Crippen MR) is 62.5 cm³/mol. The standard InChI is InChI=1S/C12H21N3/c1-14-12(10-6-7-15-8-10)9-2-4-11(13)5-3-9/h6-9,11-12,14-15H,2-5,13H2,1H3. The molecule has 1 saturated carbocycles. The Bertz CT molecular complexity index is 273. The minimum absolute atomic E-state index is 0.435. The highest BCUT2D eigenvalue weighted by atomic mass is 14.9. The first-order valence-electron chi connectivity index (χ1n) is 5.87. The first kappa shape index (κ1) is 10.7. The number of hydrogen-bond acceptors (Lipinski definition) is 2. The van der Waals surface area contributed by atoms with Crippen LogP contribution < -0.4 is 11.1 Å². The summed E-state index contributed by atoms with van der Waals surface area (Å²) in [6, 6.07) is 3.09. The molecule has 0 spiro atoms. The van der Waals surface area contributed by atoms with E-state index in [-0.39, 0.29) is 0 Å². The molecule has 0 saturated heterocycles.